The lowest BCUT2D eigenvalue weighted by Crippen LogP contribution is -2.65. The van der Waals surface area contributed by atoms with Crippen molar-refractivity contribution in [2.24, 2.45) is 5.73 Å². The van der Waals surface area contributed by atoms with Crippen LogP contribution in [0.1, 0.15) is 116 Å². The lowest BCUT2D eigenvalue weighted by Gasteiger charge is -2.39. The molecule has 9 aromatic carbocycles. The van der Waals surface area contributed by atoms with Crippen LogP contribution < -0.4 is 74.8 Å². The van der Waals surface area contributed by atoms with Crippen molar-refractivity contribution in [3.8, 4) is 22.3 Å². The molecule has 0 aliphatic heterocycles. The van der Waals surface area contributed by atoms with E-state index in [1.165, 1.54) is 76.2 Å². The predicted molar refractivity (Wildman–Crippen MR) is 501 cm³/mol. The Balaban J connectivity index is 1.05. The van der Waals surface area contributed by atoms with Crippen LogP contribution in [0.3, 0.4) is 0 Å². The number of carbonyl (C=O) groups is 14. The summed E-state index contributed by atoms with van der Waals surface area (Å²) in [7, 11) is 0. The SMILES string of the molecule is CC(=O)N[C@@H](C)C(=O)NC(C)(C)C(=O)N[C@@H](C)C(=O)N[C@@H](Cc1ccccc1)C(=O)N[C@@H](C)C(=O)N[C@@H](C)C(=O)N(C(=O)OCC1c2ccccc2-c2ccccc21)[C@@H](CP(=S)(c1ccccc1)c1ccccc1)C(=O)N(C(=O)OCC1c2ccccc2-c2ccccc21)[C@@H](CP(=S)(c1ccccc1)c1ccccc1)C(=O)N[C@@H](C)C(=O)NC(C)(C)C(=O)N[C@@H](C)C(N)=O. The van der Waals surface area contributed by atoms with Gasteiger partial charge in [0.1, 0.15) is 78.7 Å². The van der Waals surface area contributed by atoms with Crippen LogP contribution in [0.5, 0.6) is 0 Å². The maximum absolute atomic E-state index is 18.2. The molecular weight excluding hydrogens is 1720 g/mol. The Labute approximate surface area is 759 Å². The van der Waals surface area contributed by atoms with Crippen LogP contribution in [0, 0.1) is 0 Å². The van der Waals surface area contributed by atoms with Gasteiger partial charge in [0, 0.05) is 49.6 Å². The van der Waals surface area contributed by atoms with Gasteiger partial charge in [0.25, 0.3) is 11.8 Å². The van der Waals surface area contributed by atoms with Gasteiger partial charge in [-0.25, -0.2) is 19.4 Å². The van der Waals surface area contributed by atoms with Gasteiger partial charge < -0.3 is 63.1 Å². The number of primary amides is 1. The number of hydrogen-bond donors (Lipinski definition) is 10. The highest BCUT2D eigenvalue weighted by Crippen LogP contribution is 2.50. The molecule has 0 unspecified atom stereocenters. The molecule has 0 spiro atoms. The summed E-state index contributed by atoms with van der Waals surface area (Å²) in [4.78, 5) is 210. The van der Waals surface area contributed by atoms with E-state index in [2.05, 4.69) is 47.9 Å². The number of ether oxygens (including phenoxy) is 2. The molecule has 9 aromatic rings. The minimum absolute atomic E-state index is 0.176. The standard InChI is InChI=1S/C97H106N12O16P2S2/c1-58(83(98)111)103-92(120)96(8,9)107-87(115)62(5)101-89(117)81(56-126(128,66-37-19-13-20-38-66)67-39-21-14-22-40-67)108(94(122)124-54-78-74-49-31-27-45-70(74)71-46-28-32-50-75(71)78)91(119)82(57-127(129,68-41-23-15-24-42-68)69-43-25-16-26-44-69)109(95(123)125-55-79-76-51-33-29-47-72(76)73-48-30-34-52-77(73)79)90(118)63(6)102-84(112)59(2)100-88(116)80(53-65-35-17-12-18-36-65)105-85(113)60(3)104-93(121)97(10,11)106-86(114)61(4)99-64(7)110/h12-52,58-63,78-82H,53-57H2,1-11H3,(H2,98,111)(H,99,110)(H,100,116)(H,101,117)(H,102,112)(H,103,120)(H,104,121)(H,105,113)(H,106,114)(H,107,115)/t58-,59-,60-,61-,62-,63-,80-,81-,82-/m0/s1. The first-order chi connectivity index (χ1) is 61.3. The first-order valence-electron chi connectivity index (χ1n) is 42.2. The topological polar surface area (TPSA) is 398 Å². The van der Waals surface area contributed by atoms with Crippen molar-refractivity contribution in [3.63, 3.8) is 0 Å². The molecule has 32 heteroatoms. The Kier molecular flexibility index (Phi) is 31.6. The quantitative estimate of drug-likeness (QED) is 0.0169. The van der Waals surface area contributed by atoms with Crippen LogP contribution in [0.25, 0.3) is 22.3 Å². The predicted octanol–water partition coefficient (Wildman–Crippen LogP) is 7.59. The highest BCUT2D eigenvalue weighted by Gasteiger charge is 2.51. The van der Waals surface area contributed by atoms with E-state index in [4.69, 9.17) is 38.8 Å². The van der Waals surface area contributed by atoms with Crippen molar-refractivity contribution in [3.05, 3.63) is 277 Å². The second-order valence-electron chi connectivity index (χ2n) is 33.1. The van der Waals surface area contributed by atoms with Gasteiger partial charge >= 0.3 is 12.2 Å². The lowest BCUT2D eigenvalue weighted by atomic mass is 9.98. The van der Waals surface area contributed by atoms with E-state index in [-0.39, 0.29) is 6.42 Å². The minimum Gasteiger partial charge on any atom is -0.448 e. The Morgan fingerprint density at radius 1 is 0.357 bits per heavy atom. The van der Waals surface area contributed by atoms with E-state index in [0.29, 0.717) is 36.6 Å². The summed E-state index contributed by atoms with van der Waals surface area (Å²) in [6, 6.07) is 50.5. The zero-order valence-corrected chi connectivity index (χ0v) is 76.7. The zero-order valence-electron chi connectivity index (χ0n) is 73.3. The molecule has 0 heterocycles. The Hall–Kier alpha value is -13.1. The molecule has 11 N–H and O–H groups in total. The zero-order chi connectivity index (χ0) is 93.4. The molecule has 129 heavy (non-hydrogen) atoms. The van der Waals surface area contributed by atoms with Gasteiger partial charge in [-0.2, -0.15) is 0 Å². The van der Waals surface area contributed by atoms with Gasteiger partial charge in [0.05, 0.1) is 0 Å². The third-order valence-electron chi connectivity index (χ3n) is 22.8. The highest BCUT2D eigenvalue weighted by atomic mass is 32.4. The summed E-state index contributed by atoms with van der Waals surface area (Å²) in [5.74, 6) is -13.0. The van der Waals surface area contributed by atoms with Crippen molar-refractivity contribution in [2.45, 2.75) is 160 Å². The van der Waals surface area contributed by atoms with E-state index < -0.39 is 198 Å². The fourth-order valence-electron chi connectivity index (χ4n) is 15.6. The molecule has 0 saturated carbocycles. The summed E-state index contributed by atoms with van der Waals surface area (Å²) in [6.07, 6.45) is -4.56. The van der Waals surface area contributed by atoms with Gasteiger partial charge in [-0.15, -0.1) is 0 Å². The van der Waals surface area contributed by atoms with E-state index in [1.807, 2.05) is 97.1 Å². The number of nitrogens with two attached hydrogens (primary N) is 1. The second-order valence-corrected chi connectivity index (χ2v) is 42.6. The van der Waals surface area contributed by atoms with Crippen LogP contribution in [-0.2, 0) is 97.0 Å². The lowest BCUT2D eigenvalue weighted by molar-refractivity contribution is -0.147. The molecule has 28 nitrogen and oxygen atoms in total. The average molecular weight is 1820 g/mol. The second kappa shape index (κ2) is 42.2. The maximum Gasteiger partial charge on any atom is 0.417 e. The van der Waals surface area contributed by atoms with E-state index in [9.17, 15) is 38.4 Å². The number of fused-ring (bicyclic) bond motifs is 6. The Morgan fingerprint density at radius 2 is 0.659 bits per heavy atom. The van der Waals surface area contributed by atoms with Gasteiger partial charge in [0.15, 0.2) is 0 Å². The Bertz CT molecular complexity index is 5640. The molecule has 9 atom stereocenters. The van der Waals surface area contributed by atoms with Crippen molar-refractivity contribution >= 4 is 140 Å². The van der Waals surface area contributed by atoms with Crippen LogP contribution in [0.15, 0.2) is 249 Å². The molecule has 0 saturated heterocycles. The first kappa shape index (κ1) is 96.5. The van der Waals surface area contributed by atoms with Gasteiger partial charge in [-0.1, -0.05) is 272 Å². The number of benzene rings is 9. The number of amides is 14. The number of nitrogens with one attached hydrogen (secondary N) is 9. The van der Waals surface area contributed by atoms with Crippen LogP contribution in [-0.4, -0.2) is 184 Å². The summed E-state index contributed by atoms with van der Waals surface area (Å²) in [5.41, 5.74) is 8.83. The smallest absolute Gasteiger partial charge is 0.417 e. The monoisotopic (exact) mass is 1820 g/mol. The van der Waals surface area contributed by atoms with Crippen molar-refractivity contribution in [2.75, 3.05) is 25.5 Å². The molecule has 672 valence electrons. The molecule has 2 aliphatic rings. The number of nitrogens with zero attached hydrogens (tertiary/aromatic N) is 2. The van der Waals surface area contributed by atoms with Crippen molar-refractivity contribution < 1.29 is 76.6 Å². The van der Waals surface area contributed by atoms with Crippen molar-refractivity contribution in [1.82, 2.24) is 57.7 Å². The fraction of sp³-hybridized carbons (Fsp3) is 0.299. The van der Waals surface area contributed by atoms with Gasteiger partial charge in [0.2, 0.25) is 59.1 Å². The van der Waals surface area contributed by atoms with E-state index >= 15 is 28.8 Å². The summed E-state index contributed by atoms with van der Waals surface area (Å²) >= 11 is 14.1. The summed E-state index contributed by atoms with van der Waals surface area (Å²) in [5, 5.41) is 25.2. The van der Waals surface area contributed by atoms with Crippen LogP contribution in [0.4, 0.5) is 9.59 Å². The van der Waals surface area contributed by atoms with E-state index in [0.717, 1.165) is 44.5 Å². The largest absolute Gasteiger partial charge is 0.448 e. The molecule has 0 radical (unpaired) electrons. The van der Waals surface area contributed by atoms with Gasteiger partial charge in [-0.05, 0) is 141 Å². The highest BCUT2D eigenvalue weighted by molar-refractivity contribution is 8.22. The minimum atomic E-state index is -3.81. The molecule has 11 rings (SSSR count). The summed E-state index contributed by atoms with van der Waals surface area (Å²) in [6.45, 7) is 13.6. The molecule has 14 amide bonds. The fourth-order valence-corrected chi connectivity index (χ4v) is 23.6. The molecular formula is C97H106N12O16P2S2. The van der Waals surface area contributed by atoms with E-state index in [1.54, 1.807) is 152 Å². The average Bonchev–Trinajstić information content (AvgIpc) is 1.70. The first-order valence-corrected chi connectivity index (χ1v) is 48.2. The third-order valence-corrected chi connectivity index (χ3v) is 32.5. The van der Waals surface area contributed by atoms with Gasteiger partial charge in [-0.3, -0.25) is 57.5 Å². The van der Waals surface area contributed by atoms with Crippen LogP contribution in [0.2, 0.25) is 0 Å². The molecule has 0 fully saturated rings. The molecule has 0 bridgehead atoms. The normalized spacial score (nSPS) is 14.3. The summed E-state index contributed by atoms with van der Waals surface area (Å²) < 4.78 is 13.2. The molecule has 0 aromatic heterocycles. The number of imide groups is 2. The maximum atomic E-state index is 18.2. The van der Waals surface area contributed by atoms with Crippen molar-refractivity contribution in [1.29, 1.82) is 0 Å². The number of rotatable bonds is 36. The molecule has 2 aliphatic carbocycles. The Morgan fingerprint density at radius 3 is 1.04 bits per heavy atom. The number of carbonyl (C=O) groups excluding carboxylic acids is 14. The number of hydrogen-bond acceptors (Lipinski definition) is 18. The third kappa shape index (κ3) is 22.9. The van der Waals surface area contributed by atoms with Crippen LogP contribution >= 0.6 is 12.1 Å².